The first-order valence-electron chi connectivity index (χ1n) is 7.92. The number of benzene rings is 1. The van der Waals surface area contributed by atoms with Gasteiger partial charge in [-0.2, -0.15) is 0 Å². The average Bonchev–Trinajstić information content (AvgIpc) is 2.44. The highest BCUT2D eigenvalue weighted by molar-refractivity contribution is 6.34. The van der Waals surface area contributed by atoms with E-state index in [4.69, 9.17) is 22.1 Å². The van der Waals surface area contributed by atoms with Crippen LogP contribution < -0.4 is 5.73 Å². The van der Waals surface area contributed by atoms with E-state index in [2.05, 4.69) is 0 Å². The minimum atomic E-state index is -0.540. The molecule has 1 heterocycles. The fraction of sp³-hybridized carbons (Fsp3) is 0.529. The quantitative estimate of drug-likeness (QED) is 0.787. The van der Waals surface area contributed by atoms with Gasteiger partial charge < -0.3 is 20.3 Å². The maximum absolute atomic E-state index is 12.6. The van der Waals surface area contributed by atoms with Gasteiger partial charge in [-0.1, -0.05) is 11.6 Å². The highest BCUT2D eigenvalue weighted by Gasteiger charge is 2.33. The summed E-state index contributed by atoms with van der Waals surface area (Å²) in [6.07, 6.45) is -0.354. The molecule has 1 atom stereocenters. The Labute approximate surface area is 147 Å². The third-order valence-corrected chi connectivity index (χ3v) is 4.08. The molecule has 0 bridgehead atoms. The number of ether oxygens (including phenoxy) is 1. The Kier molecular flexibility index (Phi) is 5.28. The number of carbonyl (C=O) groups excluding carboxylic acids is 2. The van der Waals surface area contributed by atoms with E-state index in [1.165, 1.54) is 0 Å². The van der Waals surface area contributed by atoms with Gasteiger partial charge in [0.1, 0.15) is 5.60 Å². The molecule has 2 amide bonds. The lowest BCUT2D eigenvalue weighted by Crippen LogP contribution is -2.56. The molecule has 0 radical (unpaired) electrons. The molecule has 7 heteroatoms. The number of rotatable bonds is 1. The molecule has 1 fully saturated rings. The van der Waals surface area contributed by atoms with E-state index in [0.717, 1.165) is 0 Å². The van der Waals surface area contributed by atoms with Crippen molar-refractivity contribution >= 4 is 29.3 Å². The fourth-order valence-corrected chi connectivity index (χ4v) is 2.88. The van der Waals surface area contributed by atoms with Crippen molar-refractivity contribution in [1.29, 1.82) is 0 Å². The molecule has 0 aromatic heterocycles. The lowest BCUT2D eigenvalue weighted by molar-refractivity contribution is 0.00198. The second kappa shape index (κ2) is 6.89. The molecule has 6 nitrogen and oxygen atoms in total. The van der Waals surface area contributed by atoms with Gasteiger partial charge >= 0.3 is 6.09 Å². The lowest BCUT2D eigenvalue weighted by Gasteiger charge is -2.40. The van der Waals surface area contributed by atoms with Crippen molar-refractivity contribution in [1.82, 2.24) is 9.80 Å². The average molecular weight is 354 g/mol. The van der Waals surface area contributed by atoms with Crippen molar-refractivity contribution in [3.05, 3.63) is 28.8 Å². The summed E-state index contributed by atoms with van der Waals surface area (Å²) in [7, 11) is 0. The standard InChI is InChI=1S/C17H24ClN3O3/c1-11-10-20(7-8-21(11)16(23)24-17(2,3)4)15(22)13-6-5-12(19)9-14(13)18/h5-6,9,11H,7-8,10,19H2,1-4H3. The number of hydrogen-bond donors (Lipinski definition) is 1. The number of anilines is 1. The molecule has 2 N–H and O–H groups in total. The Balaban J connectivity index is 2.05. The Bertz CT molecular complexity index is 642. The highest BCUT2D eigenvalue weighted by atomic mass is 35.5. The van der Waals surface area contributed by atoms with E-state index in [-0.39, 0.29) is 18.0 Å². The van der Waals surface area contributed by atoms with Gasteiger partial charge in [-0.3, -0.25) is 4.79 Å². The summed E-state index contributed by atoms with van der Waals surface area (Å²) in [6.45, 7) is 8.68. The Morgan fingerprint density at radius 2 is 1.96 bits per heavy atom. The van der Waals surface area contributed by atoms with E-state index in [1.54, 1.807) is 28.0 Å². The molecule has 1 aliphatic rings. The van der Waals surface area contributed by atoms with Crippen LogP contribution in [0.5, 0.6) is 0 Å². The minimum absolute atomic E-state index is 0.134. The first-order valence-corrected chi connectivity index (χ1v) is 8.30. The van der Waals surface area contributed by atoms with Crippen molar-refractivity contribution in [2.24, 2.45) is 0 Å². The van der Waals surface area contributed by atoms with Gasteiger partial charge in [0.05, 0.1) is 10.6 Å². The highest BCUT2D eigenvalue weighted by Crippen LogP contribution is 2.23. The van der Waals surface area contributed by atoms with Crippen LogP contribution in [0.15, 0.2) is 18.2 Å². The Morgan fingerprint density at radius 1 is 1.29 bits per heavy atom. The van der Waals surface area contributed by atoms with Crippen molar-refractivity contribution < 1.29 is 14.3 Å². The number of nitrogens with two attached hydrogens (primary N) is 1. The molecule has 1 aromatic carbocycles. The number of piperazine rings is 1. The van der Waals surface area contributed by atoms with Gasteiger partial charge in [0.2, 0.25) is 0 Å². The second-order valence-electron chi connectivity index (χ2n) is 7.01. The zero-order chi connectivity index (χ0) is 18.1. The summed E-state index contributed by atoms with van der Waals surface area (Å²) >= 11 is 6.12. The van der Waals surface area contributed by atoms with Gasteiger partial charge in [0, 0.05) is 31.4 Å². The fourth-order valence-electron chi connectivity index (χ4n) is 2.61. The van der Waals surface area contributed by atoms with Gasteiger partial charge in [0.25, 0.3) is 5.91 Å². The minimum Gasteiger partial charge on any atom is -0.444 e. The summed E-state index contributed by atoms with van der Waals surface area (Å²) in [5.41, 5.74) is 6.06. The molecular formula is C17H24ClN3O3. The number of nitrogen functional groups attached to an aromatic ring is 1. The monoisotopic (exact) mass is 353 g/mol. The largest absolute Gasteiger partial charge is 0.444 e. The predicted molar refractivity (Wildman–Crippen MR) is 94.2 cm³/mol. The second-order valence-corrected chi connectivity index (χ2v) is 7.42. The van der Waals surface area contributed by atoms with E-state index < -0.39 is 5.60 Å². The number of carbonyl (C=O) groups is 2. The van der Waals surface area contributed by atoms with Crippen LogP contribution in [-0.2, 0) is 4.74 Å². The van der Waals surface area contributed by atoms with Gasteiger partial charge in [0.15, 0.2) is 0 Å². The van der Waals surface area contributed by atoms with Gasteiger partial charge in [-0.05, 0) is 45.9 Å². The smallest absolute Gasteiger partial charge is 0.410 e. The maximum Gasteiger partial charge on any atom is 0.410 e. The number of halogens is 1. The molecule has 2 rings (SSSR count). The molecule has 1 aromatic rings. The number of hydrogen-bond acceptors (Lipinski definition) is 4. The molecule has 0 spiro atoms. The summed E-state index contributed by atoms with van der Waals surface area (Å²) in [5.74, 6) is -0.157. The molecule has 132 valence electrons. The molecular weight excluding hydrogens is 330 g/mol. The van der Waals surface area contributed by atoms with Gasteiger partial charge in [-0.25, -0.2) is 4.79 Å². The normalized spacial score (nSPS) is 18.5. The van der Waals surface area contributed by atoms with Crippen LogP contribution in [-0.4, -0.2) is 53.1 Å². The third-order valence-electron chi connectivity index (χ3n) is 3.77. The molecule has 1 unspecified atom stereocenters. The predicted octanol–water partition coefficient (Wildman–Crippen LogP) is 3.00. The maximum atomic E-state index is 12.6. The van der Waals surface area contributed by atoms with Crippen LogP contribution in [0.2, 0.25) is 5.02 Å². The zero-order valence-corrected chi connectivity index (χ0v) is 15.3. The molecule has 1 saturated heterocycles. The summed E-state index contributed by atoms with van der Waals surface area (Å²) in [6, 6.07) is 4.71. The summed E-state index contributed by atoms with van der Waals surface area (Å²) in [5, 5.41) is 0.335. The molecule has 0 aliphatic carbocycles. The SMILES string of the molecule is CC1CN(C(=O)c2ccc(N)cc2Cl)CCN1C(=O)OC(C)(C)C. The summed E-state index contributed by atoms with van der Waals surface area (Å²) < 4.78 is 5.41. The molecule has 1 aliphatic heterocycles. The van der Waals surface area contributed by atoms with E-state index in [1.807, 2.05) is 27.7 Å². The van der Waals surface area contributed by atoms with Crippen LogP contribution >= 0.6 is 11.6 Å². The van der Waals surface area contributed by atoms with Gasteiger partial charge in [-0.15, -0.1) is 0 Å². The van der Waals surface area contributed by atoms with Crippen molar-refractivity contribution in [2.45, 2.75) is 39.3 Å². The van der Waals surface area contributed by atoms with E-state index in [9.17, 15) is 9.59 Å². The Morgan fingerprint density at radius 3 is 2.50 bits per heavy atom. The van der Waals surface area contributed by atoms with Crippen LogP contribution in [0.25, 0.3) is 0 Å². The van der Waals surface area contributed by atoms with Crippen molar-refractivity contribution in [3.63, 3.8) is 0 Å². The molecule has 24 heavy (non-hydrogen) atoms. The third kappa shape index (κ3) is 4.32. The van der Waals surface area contributed by atoms with Crippen LogP contribution in [0.4, 0.5) is 10.5 Å². The topological polar surface area (TPSA) is 75.9 Å². The Hall–Kier alpha value is -1.95. The number of amides is 2. The van der Waals surface area contributed by atoms with Crippen molar-refractivity contribution in [2.75, 3.05) is 25.4 Å². The van der Waals surface area contributed by atoms with E-state index >= 15 is 0 Å². The van der Waals surface area contributed by atoms with Crippen LogP contribution in [0, 0.1) is 0 Å². The molecule has 0 saturated carbocycles. The van der Waals surface area contributed by atoms with Crippen LogP contribution in [0.3, 0.4) is 0 Å². The zero-order valence-electron chi connectivity index (χ0n) is 14.5. The number of nitrogens with zero attached hydrogens (tertiary/aromatic N) is 2. The first-order chi connectivity index (χ1) is 11.1. The van der Waals surface area contributed by atoms with Crippen molar-refractivity contribution in [3.8, 4) is 0 Å². The summed E-state index contributed by atoms with van der Waals surface area (Å²) in [4.78, 5) is 28.2. The van der Waals surface area contributed by atoms with E-state index in [0.29, 0.717) is 35.9 Å². The lowest BCUT2D eigenvalue weighted by atomic mass is 10.1. The van der Waals surface area contributed by atoms with Crippen LogP contribution in [0.1, 0.15) is 38.1 Å². The first kappa shape index (κ1) is 18.4.